The largest absolute Gasteiger partial charge is 0.354 e. The third kappa shape index (κ3) is 2.16. The minimum atomic E-state index is -0.0473. The minimum absolute atomic E-state index is 0.0473. The van der Waals surface area contributed by atoms with Gasteiger partial charge in [0.2, 0.25) is 0 Å². The molecule has 0 aliphatic carbocycles. The zero-order valence-corrected chi connectivity index (χ0v) is 11.3. The van der Waals surface area contributed by atoms with Crippen molar-refractivity contribution in [1.29, 1.82) is 0 Å². The molecule has 0 saturated carbocycles. The monoisotopic (exact) mass is 282 g/mol. The lowest BCUT2D eigenvalue weighted by atomic mass is 10.0. The Hall–Kier alpha value is -2.70. The topological polar surface area (TPSA) is 68.3 Å². The Morgan fingerprint density at radius 1 is 1.19 bits per heavy atom. The van der Waals surface area contributed by atoms with Crippen molar-refractivity contribution in [2.24, 2.45) is 5.92 Å². The Balaban J connectivity index is 1.45. The van der Waals surface area contributed by atoms with E-state index in [1.54, 1.807) is 23.0 Å². The molecule has 0 unspecified atom stereocenters. The summed E-state index contributed by atoms with van der Waals surface area (Å²) in [5, 5.41) is 8.60. The van der Waals surface area contributed by atoms with Crippen molar-refractivity contribution in [3.05, 3.63) is 53.2 Å². The first-order valence-corrected chi connectivity index (χ1v) is 6.87. The average Bonchev–Trinajstić information content (AvgIpc) is 2.91. The molecule has 0 atom stereocenters. The SMILES string of the molecule is O=c1cccnn1CC1CN(c2ccc3nccn3n2)C1. The van der Waals surface area contributed by atoms with E-state index < -0.39 is 0 Å². The maximum Gasteiger partial charge on any atom is 0.266 e. The van der Waals surface area contributed by atoms with Gasteiger partial charge in [0.15, 0.2) is 5.65 Å². The molecular weight excluding hydrogens is 268 g/mol. The number of hydrogen-bond donors (Lipinski definition) is 0. The van der Waals surface area contributed by atoms with Crippen molar-refractivity contribution in [2.75, 3.05) is 18.0 Å². The zero-order chi connectivity index (χ0) is 14.2. The van der Waals surface area contributed by atoms with E-state index in [4.69, 9.17) is 0 Å². The summed E-state index contributed by atoms with van der Waals surface area (Å²) in [6, 6.07) is 7.14. The van der Waals surface area contributed by atoms with Crippen LogP contribution in [0.5, 0.6) is 0 Å². The zero-order valence-electron chi connectivity index (χ0n) is 11.3. The van der Waals surface area contributed by atoms with Crippen LogP contribution in [0, 0.1) is 5.92 Å². The molecule has 1 aliphatic rings. The summed E-state index contributed by atoms with van der Waals surface area (Å²) in [4.78, 5) is 18.0. The quantitative estimate of drug-likeness (QED) is 0.696. The molecule has 0 aromatic carbocycles. The molecule has 3 aromatic rings. The molecule has 0 N–H and O–H groups in total. The summed E-state index contributed by atoms with van der Waals surface area (Å²) >= 11 is 0. The smallest absolute Gasteiger partial charge is 0.266 e. The van der Waals surface area contributed by atoms with Gasteiger partial charge in [-0.25, -0.2) is 14.2 Å². The molecule has 0 amide bonds. The van der Waals surface area contributed by atoms with Gasteiger partial charge in [0.05, 0.1) is 6.54 Å². The van der Waals surface area contributed by atoms with Crippen molar-refractivity contribution >= 4 is 11.5 Å². The van der Waals surface area contributed by atoms with Crippen molar-refractivity contribution < 1.29 is 0 Å². The second-order valence-corrected chi connectivity index (χ2v) is 5.24. The fourth-order valence-electron chi connectivity index (χ4n) is 2.62. The van der Waals surface area contributed by atoms with E-state index in [2.05, 4.69) is 20.1 Å². The Kier molecular flexibility index (Phi) is 2.70. The molecule has 1 saturated heterocycles. The summed E-state index contributed by atoms with van der Waals surface area (Å²) in [6.07, 6.45) is 5.22. The van der Waals surface area contributed by atoms with Crippen molar-refractivity contribution in [3.8, 4) is 0 Å². The van der Waals surface area contributed by atoms with E-state index >= 15 is 0 Å². The highest BCUT2D eigenvalue weighted by molar-refractivity contribution is 5.47. The van der Waals surface area contributed by atoms with Crippen molar-refractivity contribution in [3.63, 3.8) is 0 Å². The molecule has 21 heavy (non-hydrogen) atoms. The van der Waals surface area contributed by atoms with Crippen LogP contribution in [0.15, 0.2) is 47.7 Å². The van der Waals surface area contributed by atoms with Gasteiger partial charge in [0.1, 0.15) is 5.82 Å². The third-order valence-corrected chi connectivity index (χ3v) is 3.74. The van der Waals surface area contributed by atoms with E-state index in [0.29, 0.717) is 12.5 Å². The molecule has 4 rings (SSSR count). The fourth-order valence-corrected chi connectivity index (χ4v) is 2.62. The van der Waals surface area contributed by atoms with Gasteiger partial charge in [0.25, 0.3) is 5.56 Å². The Bertz CT molecular complexity index is 832. The van der Waals surface area contributed by atoms with Gasteiger partial charge in [-0.2, -0.15) is 5.10 Å². The van der Waals surface area contributed by atoms with Gasteiger partial charge in [-0.05, 0) is 18.2 Å². The minimum Gasteiger partial charge on any atom is -0.354 e. The highest BCUT2D eigenvalue weighted by Crippen LogP contribution is 2.23. The lowest BCUT2D eigenvalue weighted by Crippen LogP contribution is -2.50. The Labute approximate surface area is 120 Å². The van der Waals surface area contributed by atoms with Gasteiger partial charge in [0, 0.05) is 43.7 Å². The molecule has 4 heterocycles. The van der Waals surface area contributed by atoms with Gasteiger partial charge < -0.3 is 4.90 Å². The van der Waals surface area contributed by atoms with Crippen LogP contribution in [0.3, 0.4) is 0 Å². The van der Waals surface area contributed by atoms with E-state index in [-0.39, 0.29) is 5.56 Å². The Morgan fingerprint density at radius 2 is 2.10 bits per heavy atom. The summed E-state index contributed by atoms with van der Waals surface area (Å²) in [7, 11) is 0. The standard InChI is InChI=1S/C14H14N6O/c21-14-2-1-5-16-20(14)10-11-8-18(9-11)13-4-3-12-15-6-7-19(12)17-13/h1-7,11H,8-10H2. The highest BCUT2D eigenvalue weighted by Gasteiger charge is 2.28. The first-order chi connectivity index (χ1) is 10.3. The maximum atomic E-state index is 11.6. The normalized spacial score (nSPS) is 15.3. The summed E-state index contributed by atoms with van der Waals surface area (Å²) in [5.74, 6) is 1.36. The van der Waals surface area contributed by atoms with Gasteiger partial charge in [-0.15, -0.1) is 5.10 Å². The summed E-state index contributed by atoms with van der Waals surface area (Å²) < 4.78 is 3.29. The maximum absolute atomic E-state index is 11.6. The molecule has 1 aliphatic heterocycles. The average molecular weight is 282 g/mol. The van der Waals surface area contributed by atoms with E-state index in [9.17, 15) is 4.79 Å². The number of hydrogen-bond acceptors (Lipinski definition) is 5. The second-order valence-electron chi connectivity index (χ2n) is 5.24. The fraction of sp³-hybridized carbons (Fsp3) is 0.286. The molecule has 3 aromatic heterocycles. The number of aromatic nitrogens is 5. The first-order valence-electron chi connectivity index (χ1n) is 6.87. The molecule has 7 nitrogen and oxygen atoms in total. The second kappa shape index (κ2) is 4.69. The van der Waals surface area contributed by atoms with Crippen molar-refractivity contribution in [2.45, 2.75) is 6.54 Å². The van der Waals surface area contributed by atoms with Crippen LogP contribution in [0.25, 0.3) is 5.65 Å². The molecule has 0 spiro atoms. The van der Waals surface area contributed by atoms with Crippen LogP contribution >= 0.6 is 0 Å². The van der Waals surface area contributed by atoms with Crippen molar-refractivity contribution in [1.82, 2.24) is 24.4 Å². The summed E-state index contributed by atoms with van der Waals surface area (Å²) in [6.45, 7) is 2.43. The van der Waals surface area contributed by atoms with Crippen LogP contribution in [0.2, 0.25) is 0 Å². The molecule has 0 radical (unpaired) electrons. The summed E-state index contributed by atoms with van der Waals surface area (Å²) in [5.41, 5.74) is 0.796. The lowest BCUT2D eigenvalue weighted by molar-refractivity contribution is 0.332. The van der Waals surface area contributed by atoms with E-state index in [1.165, 1.54) is 10.7 Å². The van der Waals surface area contributed by atoms with Crippen LogP contribution in [-0.2, 0) is 6.54 Å². The molecule has 0 bridgehead atoms. The lowest BCUT2D eigenvalue weighted by Gasteiger charge is -2.39. The van der Waals surface area contributed by atoms with Gasteiger partial charge in [-0.3, -0.25) is 4.79 Å². The number of imidazole rings is 1. The van der Waals surface area contributed by atoms with Crippen LogP contribution < -0.4 is 10.5 Å². The Morgan fingerprint density at radius 3 is 2.95 bits per heavy atom. The van der Waals surface area contributed by atoms with Crippen LogP contribution in [-0.4, -0.2) is 37.5 Å². The van der Waals surface area contributed by atoms with E-state index in [0.717, 1.165) is 24.6 Å². The molecule has 106 valence electrons. The molecule has 7 heteroatoms. The number of fused-ring (bicyclic) bond motifs is 1. The third-order valence-electron chi connectivity index (χ3n) is 3.74. The predicted octanol–water partition coefficient (Wildman–Crippen LogP) is 0.422. The van der Waals surface area contributed by atoms with Gasteiger partial charge in [-0.1, -0.05) is 0 Å². The van der Waals surface area contributed by atoms with E-state index in [1.807, 2.05) is 18.3 Å². The predicted molar refractivity (Wildman–Crippen MR) is 77.2 cm³/mol. The number of rotatable bonds is 3. The number of nitrogens with zero attached hydrogens (tertiary/aromatic N) is 6. The van der Waals surface area contributed by atoms with Crippen LogP contribution in [0.1, 0.15) is 0 Å². The highest BCUT2D eigenvalue weighted by atomic mass is 16.1. The van der Waals surface area contributed by atoms with Crippen LogP contribution in [0.4, 0.5) is 5.82 Å². The molecule has 1 fully saturated rings. The van der Waals surface area contributed by atoms with Gasteiger partial charge >= 0.3 is 0 Å². The number of anilines is 1. The molecular formula is C14H14N6O. The first kappa shape index (κ1) is 12.1.